The Bertz CT molecular complexity index is 1220. The lowest BCUT2D eigenvalue weighted by molar-refractivity contribution is -0.384. The van der Waals surface area contributed by atoms with E-state index in [0.717, 1.165) is 5.56 Å². The van der Waals surface area contributed by atoms with Crippen LogP contribution in [0, 0.1) is 17.0 Å². The van der Waals surface area contributed by atoms with Crippen molar-refractivity contribution >= 4 is 21.6 Å². The Morgan fingerprint density at radius 2 is 1.48 bits per heavy atom. The van der Waals surface area contributed by atoms with Gasteiger partial charge in [-0.15, -0.1) is 0 Å². The third-order valence-corrected chi connectivity index (χ3v) is 5.92. The Labute approximate surface area is 190 Å². The number of aliphatic hydroxyl groups is 1. The first kappa shape index (κ1) is 24.1. The lowest BCUT2D eigenvalue weighted by Crippen LogP contribution is -2.25. The summed E-state index contributed by atoms with van der Waals surface area (Å²) in [5.41, 5.74) is 1.45. The fourth-order valence-corrected chi connectivity index (χ4v) is 3.73. The number of carbonyl (C=O) groups is 1. The van der Waals surface area contributed by atoms with E-state index in [1.165, 1.54) is 60.7 Å². The van der Waals surface area contributed by atoms with Gasteiger partial charge < -0.3 is 9.84 Å². The zero-order valence-electron chi connectivity index (χ0n) is 17.6. The SMILES string of the molecule is Cc1ccc(S(=O)(=O)OCC(O)COc2ccc(C(=O)c3ccc([N+](=O)[O-])cc3)cc2)cc1. The molecule has 3 aromatic rings. The van der Waals surface area contributed by atoms with Gasteiger partial charge in [-0.05, 0) is 55.5 Å². The number of nitrogens with zero attached hydrogens (tertiary/aromatic N) is 1. The minimum atomic E-state index is -3.99. The number of carbonyl (C=O) groups excluding carboxylic acids is 1. The number of hydrogen-bond acceptors (Lipinski definition) is 8. The molecule has 0 spiro atoms. The van der Waals surface area contributed by atoms with Gasteiger partial charge in [0, 0.05) is 23.3 Å². The van der Waals surface area contributed by atoms with Gasteiger partial charge in [-0.25, -0.2) is 0 Å². The Morgan fingerprint density at radius 3 is 2.03 bits per heavy atom. The van der Waals surface area contributed by atoms with Gasteiger partial charge in [-0.1, -0.05) is 17.7 Å². The second-order valence-corrected chi connectivity index (χ2v) is 8.79. The maximum atomic E-state index is 12.5. The second-order valence-electron chi connectivity index (χ2n) is 7.17. The van der Waals surface area contributed by atoms with Crippen LogP contribution in [0.2, 0.25) is 0 Å². The van der Waals surface area contributed by atoms with Crippen LogP contribution in [-0.2, 0) is 14.3 Å². The number of rotatable bonds is 10. The summed E-state index contributed by atoms with van der Waals surface area (Å²) >= 11 is 0. The molecule has 1 N–H and O–H groups in total. The molecule has 0 aromatic heterocycles. The smallest absolute Gasteiger partial charge is 0.297 e. The largest absolute Gasteiger partial charge is 0.491 e. The predicted octanol–water partition coefficient (Wildman–Crippen LogP) is 3.28. The monoisotopic (exact) mass is 471 g/mol. The Hall–Kier alpha value is -3.60. The average Bonchev–Trinajstić information content (AvgIpc) is 2.81. The van der Waals surface area contributed by atoms with Crippen LogP contribution in [0.5, 0.6) is 5.75 Å². The fraction of sp³-hybridized carbons (Fsp3) is 0.174. The molecule has 0 amide bonds. The van der Waals surface area contributed by atoms with Crippen molar-refractivity contribution in [3.63, 3.8) is 0 Å². The molecule has 0 radical (unpaired) electrons. The van der Waals surface area contributed by atoms with Crippen LogP contribution < -0.4 is 4.74 Å². The number of ketones is 1. The molecule has 1 atom stereocenters. The highest BCUT2D eigenvalue weighted by Gasteiger charge is 2.18. The molecule has 0 aliphatic rings. The summed E-state index contributed by atoms with van der Waals surface area (Å²) in [6.45, 7) is 1.13. The molecule has 3 aromatic carbocycles. The van der Waals surface area contributed by atoms with Gasteiger partial charge in [0.1, 0.15) is 18.5 Å². The van der Waals surface area contributed by atoms with Crippen molar-refractivity contribution in [1.82, 2.24) is 0 Å². The molecule has 0 bridgehead atoms. The number of aliphatic hydroxyl groups excluding tert-OH is 1. The lowest BCUT2D eigenvalue weighted by atomic mass is 10.0. The molecular weight excluding hydrogens is 450 g/mol. The Balaban J connectivity index is 1.52. The maximum absolute atomic E-state index is 12.5. The van der Waals surface area contributed by atoms with Gasteiger partial charge in [0.05, 0.1) is 16.4 Å². The van der Waals surface area contributed by atoms with Crippen LogP contribution in [0.3, 0.4) is 0 Å². The minimum Gasteiger partial charge on any atom is -0.491 e. The summed E-state index contributed by atoms with van der Waals surface area (Å²) in [6, 6.07) is 17.5. The van der Waals surface area contributed by atoms with E-state index in [0.29, 0.717) is 16.9 Å². The number of aryl methyl sites for hydroxylation is 1. The molecule has 1 unspecified atom stereocenters. The fourth-order valence-electron chi connectivity index (χ4n) is 2.79. The molecule has 0 aliphatic carbocycles. The molecule has 33 heavy (non-hydrogen) atoms. The number of nitro groups is 1. The third-order valence-electron chi connectivity index (χ3n) is 4.62. The Morgan fingerprint density at radius 1 is 0.939 bits per heavy atom. The number of hydrogen-bond donors (Lipinski definition) is 1. The van der Waals surface area contributed by atoms with Gasteiger partial charge in [0.2, 0.25) is 0 Å². The zero-order valence-corrected chi connectivity index (χ0v) is 18.4. The standard InChI is InChI=1S/C23H21NO8S/c1-16-2-12-22(13-3-16)33(29,30)32-15-20(25)14-31-21-10-6-18(7-11-21)23(26)17-4-8-19(9-5-17)24(27)28/h2-13,20,25H,14-15H2,1H3. The number of ether oxygens (including phenoxy) is 1. The van der Waals surface area contributed by atoms with Gasteiger partial charge in [0.25, 0.3) is 15.8 Å². The summed E-state index contributed by atoms with van der Waals surface area (Å²) in [6.07, 6.45) is -1.20. The summed E-state index contributed by atoms with van der Waals surface area (Å²) in [5, 5.41) is 20.7. The van der Waals surface area contributed by atoms with Crippen molar-refractivity contribution in [2.45, 2.75) is 17.9 Å². The van der Waals surface area contributed by atoms with Crippen LogP contribution in [0.15, 0.2) is 77.7 Å². The predicted molar refractivity (Wildman–Crippen MR) is 119 cm³/mol. The molecule has 0 fully saturated rings. The van der Waals surface area contributed by atoms with Crippen molar-refractivity contribution in [2.75, 3.05) is 13.2 Å². The topological polar surface area (TPSA) is 133 Å². The van der Waals surface area contributed by atoms with Crippen molar-refractivity contribution < 1.29 is 32.2 Å². The normalized spacial score (nSPS) is 12.2. The van der Waals surface area contributed by atoms with E-state index in [-0.39, 0.29) is 23.0 Å². The van der Waals surface area contributed by atoms with Crippen LogP contribution in [0.1, 0.15) is 21.5 Å². The average molecular weight is 471 g/mol. The number of non-ortho nitro benzene ring substituents is 1. The van der Waals surface area contributed by atoms with Crippen molar-refractivity contribution in [3.05, 3.63) is 99.6 Å². The van der Waals surface area contributed by atoms with E-state index in [4.69, 9.17) is 8.92 Å². The molecule has 0 saturated carbocycles. The molecule has 9 nitrogen and oxygen atoms in total. The molecule has 172 valence electrons. The van der Waals surface area contributed by atoms with Crippen LogP contribution >= 0.6 is 0 Å². The van der Waals surface area contributed by atoms with Crippen molar-refractivity contribution in [1.29, 1.82) is 0 Å². The molecule has 0 saturated heterocycles. The van der Waals surface area contributed by atoms with Gasteiger partial charge in [-0.2, -0.15) is 8.42 Å². The van der Waals surface area contributed by atoms with Gasteiger partial charge in [-0.3, -0.25) is 19.1 Å². The van der Waals surface area contributed by atoms with Crippen molar-refractivity contribution in [2.24, 2.45) is 0 Å². The van der Waals surface area contributed by atoms with Gasteiger partial charge in [0.15, 0.2) is 5.78 Å². The quantitative estimate of drug-likeness (QED) is 0.206. The van der Waals surface area contributed by atoms with Crippen LogP contribution in [0.25, 0.3) is 0 Å². The van der Waals surface area contributed by atoms with E-state index < -0.39 is 27.8 Å². The van der Waals surface area contributed by atoms with E-state index in [2.05, 4.69) is 0 Å². The molecule has 10 heteroatoms. The van der Waals surface area contributed by atoms with Crippen molar-refractivity contribution in [3.8, 4) is 5.75 Å². The highest BCUT2D eigenvalue weighted by Crippen LogP contribution is 2.18. The van der Waals surface area contributed by atoms with Gasteiger partial charge >= 0.3 is 0 Å². The first-order valence-electron chi connectivity index (χ1n) is 9.82. The number of benzene rings is 3. The Kier molecular flexibility index (Phi) is 7.54. The van der Waals surface area contributed by atoms with E-state index in [9.17, 15) is 28.4 Å². The summed E-state index contributed by atoms with van der Waals surface area (Å²) < 4.78 is 34.6. The second kappa shape index (κ2) is 10.3. The molecular formula is C23H21NO8S. The van der Waals surface area contributed by atoms with E-state index in [1.54, 1.807) is 12.1 Å². The first-order chi connectivity index (χ1) is 15.7. The van der Waals surface area contributed by atoms with Crippen LogP contribution in [-0.4, -0.2) is 43.5 Å². The highest BCUT2D eigenvalue weighted by atomic mass is 32.2. The third kappa shape index (κ3) is 6.45. The number of nitro benzene ring substituents is 1. The zero-order chi connectivity index (χ0) is 24.0. The summed E-state index contributed by atoms with van der Waals surface area (Å²) in [4.78, 5) is 22.7. The molecule has 0 heterocycles. The first-order valence-corrected chi connectivity index (χ1v) is 11.2. The minimum absolute atomic E-state index is 0.00510. The maximum Gasteiger partial charge on any atom is 0.297 e. The highest BCUT2D eigenvalue weighted by molar-refractivity contribution is 7.86. The van der Waals surface area contributed by atoms with Crippen LogP contribution in [0.4, 0.5) is 5.69 Å². The summed E-state index contributed by atoms with van der Waals surface area (Å²) in [7, 11) is -3.99. The molecule has 0 aliphatic heterocycles. The molecule has 3 rings (SSSR count). The lowest BCUT2D eigenvalue weighted by Gasteiger charge is -2.13. The van der Waals surface area contributed by atoms with E-state index >= 15 is 0 Å². The summed E-state index contributed by atoms with van der Waals surface area (Å²) in [5.74, 6) is 0.0434. The van der Waals surface area contributed by atoms with E-state index in [1.807, 2.05) is 6.92 Å².